The van der Waals surface area contributed by atoms with E-state index in [2.05, 4.69) is 21.8 Å². The van der Waals surface area contributed by atoms with Gasteiger partial charge in [-0.15, -0.1) is 0 Å². The Bertz CT molecular complexity index is 618. The SMILES string of the molecule is CCCCc1cc(N2CC[C@H](N(CC)C(=O)OC(C)(C)C)C2)nc(Cl)n1. The number of unbranched alkanes of at least 4 members (excludes halogenated alkanes) is 1. The fraction of sp³-hybridized carbons (Fsp3) is 0.737. The molecule has 1 aromatic heterocycles. The van der Waals surface area contributed by atoms with Crippen LogP contribution in [0.4, 0.5) is 10.6 Å². The zero-order valence-electron chi connectivity index (χ0n) is 16.6. The summed E-state index contributed by atoms with van der Waals surface area (Å²) in [6.07, 6.45) is 3.74. The molecule has 1 atom stereocenters. The molecule has 146 valence electrons. The number of carbonyl (C=O) groups is 1. The second-order valence-corrected chi connectivity index (χ2v) is 8.08. The maximum absolute atomic E-state index is 12.5. The Kier molecular flexibility index (Phi) is 7.09. The molecule has 7 heteroatoms. The van der Waals surface area contributed by atoms with Crippen LogP contribution in [0.25, 0.3) is 0 Å². The molecule has 0 bridgehead atoms. The molecule has 2 heterocycles. The Hall–Kier alpha value is -1.56. The van der Waals surface area contributed by atoms with Gasteiger partial charge in [0.2, 0.25) is 5.28 Å². The first-order valence-electron chi connectivity index (χ1n) is 9.51. The van der Waals surface area contributed by atoms with Crippen LogP contribution < -0.4 is 4.90 Å². The highest BCUT2D eigenvalue weighted by Crippen LogP contribution is 2.25. The molecule has 0 unspecified atom stereocenters. The predicted molar refractivity (Wildman–Crippen MR) is 105 cm³/mol. The molecule has 1 aliphatic heterocycles. The minimum atomic E-state index is -0.489. The summed E-state index contributed by atoms with van der Waals surface area (Å²) in [7, 11) is 0. The van der Waals surface area contributed by atoms with E-state index >= 15 is 0 Å². The molecule has 0 saturated carbocycles. The zero-order chi connectivity index (χ0) is 19.3. The van der Waals surface area contributed by atoms with Crippen molar-refractivity contribution >= 4 is 23.5 Å². The highest BCUT2D eigenvalue weighted by Gasteiger charge is 2.33. The highest BCUT2D eigenvalue weighted by atomic mass is 35.5. The van der Waals surface area contributed by atoms with Gasteiger partial charge in [0.15, 0.2) is 0 Å². The van der Waals surface area contributed by atoms with Crippen molar-refractivity contribution in [2.75, 3.05) is 24.5 Å². The van der Waals surface area contributed by atoms with E-state index in [4.69, 9.17) is 16.3 Å². The number of hydrogen-bond acceptors (Lipinski definition) is 5. The normalized spacial score (nSPS) is 17.5. The van der Waals surface area contributed by atoms with Crippen molar-refractivity contribution in [1.82, 2.24) is 14.9 Å². The van der Waals surface area contributed by atoms with Crippen molar-refractivity contribution in [1.29, 1.82) is 0 Å². The van der Waals surface area contributed by atoms with E-state index in [-0.39, 0.29) is 17.4 Å². The molecular weight excluding hydrogens is 352 g/mol. The number of hydrogen-bond donors (Lipinski definition) is 0. The van der Waals surface area contributed by atoms with Gasteiger partial charge in [-0.25, -0.2) is 14.8 Å². The third-order valence-corrected chi connectivity index (χ3v) is 4.59. The van der Waals surface area contributed by atoms with Crippen LogP contribution in [-0.4, -0.2) is 52.2 Å². The molecule has 0 spiro atoms. The van der Waals surface area contributed by atoms with E-state index in [1.807, 2.05) is 38.7 Å². The Morgan fingerprint density at radius 1 is 1.38 bits per heavy atom. The number of carbonyl (C=O) groups excluding carboxylic acids is 1. The van der Waals surface area contributed by atoms with E-state index < -0.39 is 5.60 Å². The monoisotopic (exact) mass is 382 g/mol. The number of aryl methyl sites for hydroxylation is 1. The van der Waals surface area contributed by atoms with Crippen molar-refractivity contribution in [2.24, 2.45) is 0 Å². The van der Waals surface area contributed by atoms with Crippen molar-refractivity contribution < 1.29 is 9.53 Å². The van der Waals surface area contributed by atoms with E-state index in [9.17, 15) is 4.79 Å². The summed E-state index contributed by atoms with van der Waals surface area (Å²) in [5.74, 6) is 0.846. The van der Waals surface area contributed by atoms with Crippen molar-refractivity contribution in [3.05, 3.63) is 17.0 Å². The van der Waals surface area contributed by atoms with Gasteiger partial charge in [0.1, 0.15) is 11.4 Å². The van der Waals surface area contributed by atoms with Gasteiger partial charge in [-0.1, -0.05) is 13.3 Å². The summed E-state index contributed by atoms with van der Waals surface area (Å²) in [5, 5.41) is 0.288. The van der Waals surface area contributed by atoms with E-state index in [1.165, 1.54) is 0 Å². The van der Waals surface area contributed by atoms with Crippen molar-refractivity contribution in [3.8, 4) is 0 Å². The van der Waals surface area contributed by atoms with E-state index in [0.29, 0.717) is 6.54 Å². The molecule has 1 aromatic rings. The van der Waals surface area contributed by atoms with E-state index in [0.717, 1.165) is 50.3 Å². The predicted octanol–water partition coefficient (Wildman–Crippen LogP) is 4.31. The molecule has 1 saturated heterocycles. The summed E-state index contributed by atoms with van der Waals surface area (Å²) < 4.78 is 5.55. The van der Waals surface area contributed by atoms with Crippen LogP contribution in [0.3, 0.4) is 0 Å². The lowest BCUT2D eigenvalue weighted by Crippen LogP contribution is -2.44. The van der Waals surface area contributed by atoms with Crippen LogP contribution in [0.15, 0.2) is 6.07 Å². The highest BCUT2D eigenvalue weighted by molar-refractivity contribution is 6.28. The van der Waals surface area contributed by atoms with Crippen molar-refractivity contribution in [2.45, 2.75) is 71.9 Å². The average molecular weight is 383 g/mol. The van der Waals surface area contributed by atoms with Crippen LogP contribution in [-0.2, 0) is 11.2 Å². The van der Waals surface area contributed by atoms with Gasteiger partial charge in [0, 0.05) is 31.4 Å². The maximum Gasteiger partial charge on any atom is 0.410 e. The molecule has 26 heavy (non-hydrogen) atoms. The zero-order valence-corrected chi connectivity index (χ0v) is 17.3. The van der Waals surface area contributed by atoms with Crippen LogP contribution >= 0.6 is 11.6 Å². The number of ether oxygens (including phenoxy) is 1. The minimum Gasteiger partial charge on any atom is -0.444 e. The fourth-order valence-corrected chi connectivity index (χ4v) is 3.36. The van der Waals surface area contributed by atoms with Crippen LogP contribution in [0.5, 0.6) is 0 Å². The number of anilines is 1. The number of likely N-dealkylation sites (N-methyl/N-ethyl adjacent to an activating group) is 1. The summed E-state index contributed by atoms with van der Waals surface area (Å²) in [6, 6.07) is 2.14. The average Bonchev–Trinajstić information content (AvgIpc) is 3.01. The van der Waals surface area contributed by atoms with Gasteiger partial charge in [-0.05, 0) is 58.6 Å². The first-order valence-corrected chi connectivity index (χ1v) is 9.89. The molecule has 0 radical (unpaired) electrons. The number of halogens is 1. The Morgan fingerprint density at radius 2 is 2.12 bits per heavy atom. The van der Waals surface area contributed by atoms with Crippen LogP contribution in [0.1, 0.15) is 59.6 Å². The molecule has 0 aliphatic carbocycles. The smallest absolute Gasteiger partial charge is 0.410 e. The summed E-state index contributed by atoms with van der Waals surface area (Å²) in [6.45, 7) is 12.0. The molecule has 2 rings (SSSR count). The second kappa shape index (κ2) is 8.89. The summed E-state index contributed by atoms with van der Waals surface area (Å²) in [5.41, 5.74) is 0.488. The minimum absolute atomic E-state index is 0.114. The standard InChI is InChI=1S/C19H31ClN4O2/c1-6-8-9-14-12-16(22-17(20)21-14)23-11-10-15(13-23)24(7-2)18(25)26-19(3,4)5/h12,15H,6-11,13H2,1-5H3/t15-/m0/s1. The van der Waals surface area contributed by atoms with Crippen molar-refractivity contribution in [3.63, 3.8) is 0 Å². The molecule has 1 aliphatic rings. The lowest BCUT2D eigenvalue weighted by molar-refractivity contribution is 0.0191. The topological polar surface area (TPSA) is 58.6 Å². The van der Waals surface area contributed by atoms with Gasteiger partial charge in [-0.2, -0.15) is 0 Å². The molecular formula is C19H31ClN4O2. The molecule has 6 nitrogen and oxygen atoms in total. The molecule has 0 aromatic carbocycles. The van der Waals surface area contributed by atoms with Gasteiger partial charge < -0.3 is 14.5 Å². The number of aromatic nitrogens is 2. The first kappa shape index (κ1) is 20.7. The van der Waals surface area contributed by atoms with Gasteiger partial charge >= 0.3 is 6.09 Å². The van der Waals surface area contributed by atoms with Gasteiger partial charge in [-0.3, -0.25) is 0 Å². The first-order chi connectivity index (χ1) is 12.2. The molecule has 0 N–H and O–H groups in total. The number of nitrogens with zero attached hydrogens (tertiary/aromatic N) is 4. The summed E-state index contributed by atoms with van der Waals surface area (Å²) in [4.78, 5) is 25.2. The second-order valence-electron chi connectivity index (χ2n) is 7.74. The lowest BCUT2D eigenvalue weighted by atomic mass is 10.2. The van der Waals surface area contributed by atoms with Crippen LogP contribution in [0.2, 0.25) is 5.28 Å². The quantitative estimate of drug-likeness (QED) is 0.686. The van der Waals surface area contributed by atoms with E-state index in [1.54, 1.807) is 0 Å². The third kappa shape index (κ3) is 5.73. The number of rotatable bonds is 6. The fourth-order valence-electron chi connectivity index (χ4n) is 3.16. The van der Waals surface area contributed by atoms with Gasteiger partial charge in [0.05, 0.1) is 6.04 Å². The summed E-state index contributed by atoms with van der Waals surface area (Å²) >= 11 is 6.12. The number of amides is 1. The lowest BCUT2D eigenvalue weighted by Gasteiger charge is -2.30. The van der Waals surface area contributed by atoms with Crippen LogP contribution in [0, 0.1) is 0 Å². The molecule has 1 fully saturated rings. The largest absolute Gasteiger partial charge is 0.444 e. The Morgan fingerprint density at radius 3 is 2.73 bits per heavy atom. The third-order valence-electron chi connectivity index (χ3n) is 4.42. The maximum atomic E-state index is 12.5. The Balaban J connectivity index is 2.07. The Labute approximate surface area is 161 Å². The van der Waals surface area contributed by atoms with Gasteiger partial charge in [0.25, 0.3) is 0 Å². The molecule has 1 amide bonds.